The normalized spacial score (nSPS) is 20.4. The molecule has 0 amide bonds. The molecule has 0 spiro atoms. The summed E-state index contributed by atoms with van der Waals surface area (Å²) in [6.45, 7) is 7.23. The van der Waals surface area contributed by atoms with Gasteiger partial charge in [0, 0.05) is 25.3 Å². The van der Waals surface area contributed by atoms with Crippen molar-refractivity contribution in [2.45, 2.75) is 52.5 Å². The molecule has 1 unspecified atom stereocenters. The number of nitrogens with zero attached hydrogens (tertiary/aromatic N) is 2. The number of hydrogen-bond donors (Lipinski definition) is 1. The van der Waals surface area contributed by atoms with Gasteiger partial charge < -0.3 is 10.6 Å². The highest BCUT2D eigenvalue weighted by Gasteiger charge is 2.17. The van der Waals surface area contributed by atoms with Crippen molar-refractivity contribution in [2.24, 2.45) is 11.7 Å². The van der Waals surface area contributed by atoms with Crippen LogP contribution in [0.25, 0.3) is 0 Å². The van der Waals surface area contributed by atoms with Gasteiger partial charge in [-0.25, -0.2) is 4.98 Å². The maximum Gasteiger partial charge on any atom is 0.129 e. The SMILES string of the molecule is CCCC1CCCN(c2cc(CN)cc(C)n2)CC1. The molecule has 3 heteroatoms. The minimum Gasteiger partial charge on any atom is -0.357 e. The second kappa shape index (κ2) is 6.90. The van der Waals surface area contributed by atoms with Crippen LogP contribution < -0.4 is 10.6 Å². The van der Waals surface area contributed by atoms with Crippen LogP contribution in [-0.2, 0) is 6.54 Å². The third-order valence-electron chi connectivity index (χ3n) is 4.10. The van der Waals surface area contributed by atoms with Crippen molar-refractivity contribution in [2.75, 3.05) is 18.0 Å². The van der Waals surface area contributed by atoms with Gasteiger partial charge >= 0.3 is 0 Å². The van der Waals surface area contributed by atoms with E-state index >= 15 is 0 Å². The number of hydrogen-bond acceptors (Lipinski definition) is 3. The largest absolute Gasteiger partial charge is 0.357 e. The summed E-state index contributed by atoms with van der Waals surface area (Å²) in [6, 6.07) is 4.24. The van der Waals surface area contributed by atoms with E-state index in [9.17, 15) is 0 Å². The van der Waals surface area contributed by atoms with Gasteiger partial charge in [0.25, 0.3) is 0 Å². The Morgan fingerprint density at radius 3 is 2.89 bits per heavy atom. The Hall–Kier alpha value is -1.09. The summed E-state index contributed by atoms with van der Waals surface area (Å²) in [4.78, 5) is 7.13. The van der Waals surface area contributed by atoms with Crippen molar-refractivity contribution in [1.82, 2.24) is 4.98 Å². The van der Waals surface area contributed by atoms with Crippen LogP contribution in [-0.4, -0.2) is 18.1 Å². The summed E-state index contributed by atoms with van der Waals surface area (Å²) < 4.78 is 0. The van der Waals surface area contributed by atoms with Gasteiger partial charge in [-0.2, -0.15) is 0 Å². The minimum atomic E-state index is 0.600. The van der Waals surface area contributed by atoms with Gasteiger partial charge in [-0.05, 0) is 49.8 Å². The van der Waals surface area contributed by atoms with Crippen LogP contribution in [0.2, 0.25) is 0 Å². The quantitative estimate of drug-likeness (QED) is 0.904. The molecule has 1 saturated heterocycles. The molecule has 0 aliphatic carbocycles. The first kappa shape index (κ1) is 14.3. The molecule has 0 radical (unpaired) electrons. The number of rotatable bonds is 4. The van der Waals surface area contributed by atoms with Crippen molar-refractivity contribution in [1.29, 1.82) is 0 Å². The zero-order valence-electron chi connectivity index (χ0n) is 12.4. The Labute approximate surface area is 117 Å². The molecule has 1 aliphatic rings. The van der Waals surface area contributed by atoms with Crippen LogP contribution in [0.5, 0.6) is 0 Å². The molecule has 0 aromatic carbocycles. The Balaban J connectivity index is 2.07. The molecular formula is C16H27N3. The average Bonchev–Trinajstić information content (AvgIpc) is 2.64. The first-order valence-corrected chi connectivity index (χ1v) is 7.65. The lowest BCUT2D eigenvalue weighted by Gasteiger charge is -2.22. The van der Waals surface area contributed by atoms with Crippen molar-refractivity contribution in [3.05, 3.63) is 23.4 Å². The van der Waals surface area contributed by atoms with Crippen molar-refractivity contribution in [3.8, 4) is 0 Å². The van der Waals surface area contributed by atoms with Crippen LogP contribution in [0.15, 0.2) is 12.1 Å². The average molecular weight is 261 g/mol. The van der Waals surface area contributed by atoms with E-state index in [1.165, 1.54) is 37.7 Å². The standard InChI is InChI=1S/C16H27N3/c1-3-5-14-6-4-8-19(9-7-14)16-11-15(12-17)10-13(2)18-16/h10-11,14H,3-9,12,17H2,1-2H3. The fourth-order valence-electron chi connectivity index (χ4n) is 3.09. The molecule has 2 heterocycles. The van der Waals surface area contributed by atoms with Gasteiger partial charge in [0.2, 0.25) is 0 Å². The van der Waals surface area contributed by atoms with Gasteiger partial charge in [0.1, 0.15) is 5.82 Å². The zero-order valence-corrected chi connectivity index (χ0v) is 12.4. The van der Waals surface area contributed by atoms with Crippen LogP contribution in [0.4, 0.5) is 5.82 Å². The summed E-state index contributed by atoms with van der Waals surface area (Å²) in [7, 11) is 0. The topological polar surface area (TPSA) is 42.1 Å². The molecule has 3 nitrogen and oxygen atoms in total. The lowest BCUT2D eigenvalue weighted by Crippen LogP contribution is -2.25. The number of aryl methyl sites for hydroxylation is 1. The smallest absolute Gasteiger partial charge is 0.129 e. The monoisotopic (exact) mass is 261 g/mol. The first-order chi connectivity index (χ1) is 9.22. The lowest BCUT2D eigenvalue weighted by atomic mass is 9.96. The molecule has 2 N–H and O–H groups in total. The van der Waals surface area contributed by atoms with Crippen molar-refractivity contribution in [3.63, 3.8) is 0 Å². The van der Waals surface area contributed by atoms with Crippen molar-refractivity contribution >= 4 is 5.82 Å². The molecule has 1 fully saturated rings. The van der Waals surface area contributed by atoms with E-state index in [1.54, 1.807) is 0 Å². The third kappa shape index (κ3) is 3.93. The Bertz CT molecular complexity index is 403. The van der Waals surface area contributed by atoms with Gasteiger partial charge in [-0.15, -0.1) is 0 Å². The van der Waals surface area contributed by atoms with Gasteiger partial charge in [-0.3, -0.25) is 0 Å². The minimum absolute atomic E-state index is 0.600. The fourth-order valence-corrected chi connectivity index (χ4v) is 3.09. The van der Waals surface area contributed by atoms with Crippen molar-refractivity contribution < 1.29 is 0 Å². The lowest BCUT2D eigenvalue weighted by molar-refractivity contribution is 0.435. The predicted octanol–water partition coefficient (Wildman–Crippen LogP) is 3.26. The zero-order chi connectivity index (χ0) is 13.7. The Morgan fingerprint density at radius 2 is 2.16 bits per heavy atom. The highest BCUT2D eigenvalue weighted by atomic mass is 15.2. The number of anilines is 1. The van der Waals surface area contributed by atoms with Gasteiger partial charge in [0.15, 0.2) is 0 Å². The van der Waals surface area contributed by atoms with Crippen LogP contribution in [0, 0.1) is 12.8 Å². The highest BCUT2D eigenvalue weighted by molar-refractivity contribution is 5.42. The summed E-state index contributed by atoms with van der Waals surface area (Å²) in [5, 5.41) is 0. The Morgan fingerprint density at radius 1 is 1.32 bits per heavy atom. The fraction of sp³-hybridized carbons (Fsp3) is 0.688. The summed E-state index contributed by atoms with van der Waals surface area (Å²) in [5.74, 6) is 2.03. The van der Waals surface area contributed by atoms with Gasteiger partial charge in [-0.1, -0.05) is 19.8 Å². The molecule has 1 aromatic rings. The molecule has 1 aliphatic heterocycles. The van der Waals surface area contributed by atoms with Crippen LogP contribution in [0.1, 0.15) is 50.3 Å². The van der Waals surface area contributed by atoms with Crippen LogP contribution >= 0.6 is 0 Å². The maximum absolute atomic E-state index is 5.76. The van der Waals surface area contributed by atoms with E-state index in [2.05, 4.69) is 35.9 Å². The summed E-state index contributed by atoms with van der Waals surface area (Å²) >= 11 is 0. The second-order valence-corrected chi connectivity index (χ2v) is 5.75. The van der Waals surface area contributed by atoms with E-state index in [4.69, 9.17) is 5.73 Å². The van der Waals surface area contributed by atoms with E-state index < -0.39 is 0 Å². The van der Waals surface area contributed by atoms with E-state index in [1.807, 2.05) is 0 Å². The highest BCUT2D eigenvalue weighted by Crippen LogP contribution is 2.25. The third-order valence-corrected chi connectivity index (χ3v) is 4.10. The van der Waals surface area contributed by atoms with E-state index in [-0.39, 0.29) is 0 Å². The molecule has 1 atom stereocenters. The molecule has 1 aromatic heterocycles. The van der Waals surface area contributed by atoms with E-state index in [0.717, 1.165) is 30.5 Å². The molecule has 0 bridgehead atoms. The molecular weight excluding hydrogens is 234 g/mol. The number of aromatic nitrogens is 1. The maximum atomic E-state index is 5.76. The molecule has 106 valence electrons. The van der Waals surface area contributed by atoms with Crippen LogP contribution in [0.3, 0.4) is 0 Å². The second-order valence-electron chi connectivity index (χ2n) is 5.75. The summed E-state index contributed by atoms with van der Waals surface area (Å²) in [6.07, 6.45) is 6.66. The predicted molar refractivity (Wildman–Crippen MR) is 81.3 cm³/mol. The number of pyridine rings is 1. The molecule has 2 rings (SSSR count). The number of nitrogens with two attached hydrogens (primary N) is 1. The summed E-state index contributed by atoms with van der Waals surface area (Å²) in [5.41, 5.74) is 8.03. The Kier molecular flexibility index (Phi) is 5.20. The van der Waals surface area contributed by atoms with E-state index in [0.29, 0.717) is 6.54 Å². The van der Waals surface area contributed by atoms with Gasteiger partial charge in [0.05, 0.1) is 0 Å². The molecule has 19 heavy (non-hydrogen) atoms. The molecule has 0 saturated carbocycles. The first-order valence-electron chi connectivity index (χ1n) is 7.65.